The molecular weight excluding hydrogens is 354 g/mol. The number of rotatable bonds is 4. The van der Waals surface area contributed by atoms with Crippen LogP contribution in [0.25, 0.3) is 0 Å². The third-order valence-electron chi connectivity index (χ3n) is 5.07. The van der Waals surface area contributed by atoms with E-state index in [1.807, 2.05) is 12.1 Å². The Balaban J connectivity index is 1.58. The van der Waals surface area contributed by atoms with Gasteiger partial charge in [-0.25, -0.2) is 4.79 Å². The summed E-state index contributed by atoms with van der Waals surface area (Å²) in [6, 6.07) is 6.83. The minimum Gasteiger partial charge on any atom is -0.358 e. The van der Waals surface area contributed by atoms with Crippen molar-refractivity contribution in [1.82, 2.24) is 15.1 Å². The van der Waals surface area contributed by atoms with Crippen LogP contribution in [0.1, 0.15) is 37.7 Å². The fourth-order valence-electron chi connectivity index (χ4n) is 3.55. The fraction of sp³-hybridized carbons (Fsp3) is 0.579. The van der Waals surface area contributed by atoms with Crippen LogP contribution in [-0.2, 0) is 16.1 Å². The van der Waals surface area contributed by atoms with Gasteiger partial charge in [0.25, 0.3) is 0 Å². The van der Waals surface area contributed by atoms with E-state index in [4.69, 9.17) is 16.3 Å². The molecule has 2 aliphatic rings. The number of likely N-dealkylation sites (N-methyl/N-ethyl adjacent to an activating group) is 1. The molecule has 6 nitrogen and oxygen atoms in total. The summed E-state index contributed by atoms with van der Waals surface area (Å²) in [6.45, 7) is 0.857. The van der Waals surface area contributed by atoms with Gasteiger partial charge in [-0.05, 0) is 30.5 Å². The largest absolute Gasteiger partial charge is 0.358 e. The molecule has 1 aliphatic heterocycles. The van der Waals surface area contributed by atoms with Crippen molar-refractivity contribution >= 4 is 23.5 Å². The Kier molecular flexibility index (Phi) is 6.38. The second-order valence-corrected chi connectivity index (χ2v) is 7.53. The van der Waals surface area contributed by atoms with E-state index in [2.05, 4.69) is 5.32 Å². The summed E-state index contributed by atoms with van der Waals surface area (Å²) in [5, 5.41) is 3.73. The Labute approximate surface area is 159 Å². The standard InChI is InChI=1S/C19H26ClN3O3/c1-22(11-14-7-9-15(20)10-8-14)18(24)17-12-26-13-23(17)19(25)21-16-5-3-2-4-6-16/h7-10,16-17H,2-6,11-13H2,1H3,(H,21,25). The smallest absolute Gasteiger partial charge is 0.320 e. The van der Waals surface area contributed by atoms with E-state index in [1.54, 1.807) is 24.1 Å². The molecule has 7 heteroatoms. The third kappa shape index (κ3) is 4.68. The van der Waals surface area contributed by atoms with Gasteiger partial charge in [0.15, 0.2) is 0 Å². The molecule has 1 heterocycles. The lowest BCUT2D eigenvalue weighted by molar-refractivity contribution is -0.134. The molecule has 0 radical (unpaired) electrons. The summed E-state index contributed by atoms with van der Waals surface area (Å²) in [5.74, 6) is -0.115. The number of amides is 3. The van der Waals surface area contributed by atoms with Crippen molar-refractivity contribution in [2.75, 3.05) is 20.4 Å². The molecule has 1 aromatic carbocycles. The van der Waals surface area contributed by atoms with E-state index in [0.29, 0.717) is 11.6 Å². The predicted molar refractivity (Wildman–Crippen MR) is 99.8 cm³/mol. The van der Waals surface area contributed by atoms with Gasteiger partial charge in [0.1, 0.15) is 12.8 Å². The van der Waals surface area contributed by atoms with Gasteiger partial charge < -0.3 is 15.0 Å². The lowest BCUT2D eigenvalue weighted by Gasteiger charge is -2.29. The molecule has 0 spiro atoms. The van der Waals surface area contributed by atoms with Crippen molar-refractivity contribution in [1.29, 1.82) is 0 Å². The summed E-state index contributed by atoms with van der Waals surface area (Å²) >= 11 is 5.90. The highest BCUT2D eigenvalue weighted by molar-refractivity contribution is 6.30. The van der Waals surface area contributed by atoms with Crippen molar-refractivity contribution in [2.45, 2.75) is 50.7 Å². The molecule has 1 unspecified atom stereocenters. The average molecular weight is 380 g/mol. The van der Waals surface area contributed by atoms with Crippen LogP contribution >= 0.6 is 11.6 Å². The van der Waals surface area contributed by atoms with Gasteiger partial charge in [0.2, 0.25) is 5.91 Å². The fourth-order valence-corrected chi connectivity index (χ4v) is 3.67. The van der Waals surface area contributed by atoms with Crippen molar-refractivity contribution < 1.29 is 14.3 Å². The molecule has 0 aromatic heterocycles. The monoisotopic (exact) mass is 379 g/mol. The topological polar surface area (TPSA) is 61.9 Å². The number of carbonyl (C=O) groups is 2. The van der Waals surface area contributed by atoms with Gasteiger partial charge in [-0.2, -0.15) is 0 Å². The Hall–Kier alpha value is -1.79. The maximum Gasteiger partial charge on any atom is 0.320 e. The van der Waals surface area contributed by atoms with Crippen LogP contribution < -0.4 is 5.32 Å². The molecule has 2 fully saturated rings. The maximum atomic E-state index is 12.8. The number of urea groups is 1. The van der Waals surface area contributed by atoms with Crippen LogP contribution in [0.5, 0.6) is 0 Å². The predicted octanol–water partition coefficient (Wildman–Crippen LogP) is 3.00. The summed E-state index contributed by atoms with van der Waals surface area (Å²) in [5.41, 5.74) is 0.988. The summed E-state index contributed by atoms with van der Waals surface area (Å²) in [7, 11) is 1.74. The second kappa shape index (κ2) is 8.73. The van der Waals surface area contributed by atoms with Crippen molar-refractivity contribution in [2.24, 2.45) is 0 Å². The summed E-state index contributed by atoms with van der Waals surface area (Å²) in [4.78, 5) is 28.6. The highest BCUT2D eigenvalue weighted by Crippen LogP contribution is 2.19. The SMILES string of the molecule is CN(Cc1ccc(Cl)cc1)C(=O)C1COCN1C(=O)NC1CCCCC1. The zero-order chi connectivity index (χ0) is 18.5. The Morgan fingerprint density at radius 1 is 1.23 bits per heavy atom. The van der Waals surface area contributed by atoms with Crippen LogP contribution in [0.15, 0.2) is 24.3 Å². The van der Waals surface area contributed by atoms with Crippen LogP contribution in [0.4, 0.5) is 4.79 Å². The number of hydrogen-bond donors (Lipinski definition) is 1. The molecule has 1 saturated heterocycles. The van der Waals surface area contributed by atoms with Crippen molar-refractivity contribution in [3.05, 3.63) is 34.9 Å². The number of ether oxygens (including phenoxy) is 1. The minimum absolute atomic E-state index is 0.115. The molecule has 1 N–H and O–H groups in total. The number of halogens is 1. The van der Waals surface area contributed by atoms with Gasteiger partial charge in [-0.1, -0.05) is 43.0 Å². The first-order chi connectivity index (χ1) is 12.5. The lowest BCUT2D eigenvalue weighted by Crippen LogP contribution is -2.52. The molecule has 3 amide bonds. The van der Waals surface area contributed by atoms with Crippen LogP contribution in [0, 0.1) is 0 Å². The second-order valence-electron chi connectivity index (χ2n) is 7.09. The van der Waals surface area contributed by atoms with E-state index in [-0.39, 0.29) is 31.3 Å². The van der Waals surface area contributed by atoms with Crippen LogP contribution in [0.3, 0.4) is 0 Å². The van der Waals surface area contributed by atoms with E-state index in [0.717, 1.165) is 31.2 Å². The Bertz CT molecular complexity index is 631. The van der Waals surface area contributed by atoms with E-state index >= 15 is 0 Å². The van der Waals surface area contributed by atoms with Gasteiger partial charge >= 0.3 is 6.03 Å². The molecule has 0 bridgehead atoms. The molecule has 142 valence electrons. The average Bonchev–Trinajstić information content (AvgIpc) is 3.13. The van der Waals surface area contributed by atoms with Gasteiger partial charge in [-0.15, -0.1) is 0 Å². The van der Waals surface area contributed by atoms with Crippen LogP contribution in [-0.4, -0.2) is 54.2 Å². The number of carbonyl (C=O) groups excluding carboxylic acids is 2. The highest BCUT2D eigenvalue weighted by atomic mass is 35.5. The number of hydrogen-bond acceptors (Lipinski definition) is 3. The van der Waals surface area contributed by atoms with E-state index in [1.165, 1.54) is 11.3 Å². The molecule has 1 aliphatic carbocycles. The van der Waals surface area contributed by atoms with Gasteiger partial charge in [-0.3, -0.25) is 9.69 Å². The number of nitrogens with zero attached hydrogens (tertiary/aromatic N) is 2. The highest BCUT2D eigenvalue weighted by Gasteiger charge is 2.37. The quantitative estimate of drug-likeness (QED) is 0.874. The summed E-state index contributed by atoms with van der Waals surface area (Å²) in [6.07, 6.45) is 5.54. The maximum absolute atomic E-state index is 12.8. The van der Waals surface area contributed by atoms with E-state index in [9.17, 15) is 9.59 Å². The molecule has 1 saturated carbocycles. The lowest BCUT2D eigenvalue weighted by atomic mass is 9.96. The minimum atomic E-state index is -0.573. The zero-order valence-electron chi connectivity index (χ0n) is 15.1. The van der Waals surface area contributed by atoms with Gasteiger partial charge in [0, 0.05) is 24.7 Å². The molecular formula is C19H26ClN3O3. The molecule has 3 rings (SSSR count). The van der Waals surface area contributed by atoms with Gasteiger partial charge in [0.05, 0.1) is 6.61 Å². The molecule has 26 heavy (non-hydrogen) atoms. The Morgan fingerprint density at radius 3 is 2.62 bits per heavy atom. The first-order valence-electron chi connectivity index (χ1n) is 9.19. The van der Waals surface area contributed by atoms with Crippen molar-refractivity contribution in [3.8, 4) is 0 Å². The first-order valence-corrected chi connectivity index (χ1v) is 9.56. The zero-order valence-corrected chi connectivity index (χ0v) is 15.9. The molecule has 1 atom stereocenters. The summed E-state index contributed by atoms with van der Waals surface area (Å²) < 4.78 is 5.42. The Morgan fingerprint density at radius 2 is 1.92 bits per heavy atom. The normalized spacial score (nSPS) is 20.8. The first kappa shape index (κ1) is 19.0. The van der Waals surface area contributed by atoms with E-state index < -0.39 is 6.04 Å². The van der Waals surface area contributed by atoms with Crippen molar-refractivity contribution in [3.63, 3.8) is 0 Å². The number of benzene rings is 1. The van der Waals surface area contributed by atoms with Crippen LogP contribution in [0.2, 0.25) is 5.02 Å². The third-order valence-corrected chi connectivity index (χ3v) is 5.32. The number of nitrogens with one attached hydrogen (secondary N) is 1. The molecule has 1 aromatic rings.